The van der Waals surface area contributed by atoms with E-state index < -0.39 is 6.10 Å². The van der Waals surface area contributed by atoms with Crippen LogP contribution in [0, 0.1) is 5.92 Å². The van der Waals surface area contributed by atoms with Gasteiger partial charge in [-0.2, -0.15) is 0 Å². The van der Waals surface area contributed by atoms with Crippen molar-refractivity contribution in [3.05, 3.63) is 18.2 Å². The van der Waals surface area contributed by atoms with Crippen LogP contribution in [-0.4, -0.2) is 53.1 Å². The van der Waals surface area contributed by atoms with Gasteiger partial charge in [-0.3, -0.25) is 4.79 Å². The van der Waals surface area contributed by atoms with E-state index in [0.717, 1.165) is 37.7 Å². The lowest BCUT2D eigenvalue weighted by Crippen LogP contribution is -2.53. The molecule has 1 saturated heterocycles. The van der Waals surface area contributed by atoms with E-state index in [2.05, 4.69) is 19.8 Å². The molecule has 0 radical (unpaired) electrons. The van der Waals surface area contributed by atoms with E-state index in [1.165, 1.54) is 19.4 Å². The summed E-state index contributed by atoms with van der Waals surface area (Å²) < 4.78 is 8.40. The number of fused-ring (bicyclic) bond motifs is 2. The molecule has 0 bridgehead atoms. The number of imidazole rings is 1. The van der Waals surface area contributed by atoms with Crippen molar-refractivity contribution >= 4 is 5.91 Å². The first-order chi connectivity index (χ1) is 10.7. The molecule has 3 heterocycles. The standard InChI is InChI=1S/C16H24N4O2/c1-17-14(21)13-11-20-9-6-18-15(20)16(22-13)4-7-19(8-5-16)10-12-2-3-12/h6,9,12-13H,2-5,7-8,10-11H2,1H3,(H,17,21)/t13-/m1/s1. The second-order valence-electron chi connectivity index (χ2n) is 6.86. The Morgan fingerprint density at radius 2 is 2.23 bits per heavy atom. The average molecular weight is 304 g/mol. The van der Waals surface area contributed by atoms with E-state index in [-0.39, 0.29) is 11.5 Å². The minimum Gasteiger partial charge on any atom is -0.357 e. The third-order valence-electron chi connectivity index (χ3n) is 5.27. The summed E-state index contributed by atoms with van der Waals surface area (Å²) in [4.78, 5) is 19.1. The maximum atomic E-state index is 12.1. The molecule has 6 nitrogen and oxygen atoms in total. The van der Waals surface area contributed by atoms with Crippen LogP contribution in [0.3, 0.4) is 0 Å². The first kappa shape index (κ1) is 14.2. The zero-order valence-corrected chi connectivity index (χ0v) is 13.1. The predicted molar refractivity (Wildman–Crippen MR) is 81.2 cm³/mol. The van der Waals surface area contributed by atoms with Gasteiger partial charge >= 0.3 is 0 Å². The van der Waals surface area contributed by atoms with Crippen LogP contribution in [0.25, 0.3) is 0 Å². The van der Waals surface area contributed by atoms with Crippen molar-refractivity contribution in [3.63, 3.8) is 0 Å². The minimum absolute atomic E-state index is 0.0425. The van der Waals surface area contributed by atoms with Gasteiger partial charge in [-0.05, 0) is 31.6 Å². The molecule has 0 unspecified atom stereocenters. The highest BCUT2D eigenvalue weighted by Crippen LogP contribution is 2.41. The van der Waals surface area contributed by atoms with Crippen molar-refractivity contribution in [3.8, 4) is 0 Å². The molecule has 0 aromatic carbocycles. The molecule has 1 amide bonds. The van der Waals surface area contributed by atoms with Crippen LogP contribution in [0.15, 0.2) is 12.4 Å². The number of ether oxygens (including phenoxy) is 1. The van der Waals surface area contributed by atoms with Gasteiger partial charge in [-0.1, -0.05) is 0 Å². The van der Waals surface area contributed by atoms with Crippen LogP contribution in [0.4, 0.5) is 0 Å². The van der Waals surface area contributed by atoms with Crippen LogP contribution in [0.1, 0.15) is 31.5 Å². The molecule has 1 saturated carbocycles. The Morgan fingerprint density at radius 3 is 2.91 bits per heavy atom. The predicted octanol–water partition coefficient (Wildman–Crippen LogP) is 0.729. The molecule has 1 aromatic rings. The van der Waals surface area contributed by atoms with Crippen molar-refractivity contribution in [2.75, 3.05) is 26.7 Å². The number of hydrogen-bond acceptors (Lipinski definition) is 4. The maximum Gasteiger partial charge on any atom is 0.250 e. The molecule has 3 aliphatic rings. The summed E-state index contributed by atoms with van der Waals surface area (Å²) in [6, 6.07) is 0. The smallest absolute Gasteiger partial charge is 0.250 e. The third kappa shape index (κ3) is 2.44. The number of hydrogen-bond donors (Lipinski definition) is 1. The minimum atomic E-state index is -0.415. The lowest BCUT2D eigenvalue weighted by molar-refractivity contribution is -0.173. The number of amides is 1. The number of nitrogens with one attached hydrogen (secondary N) is 1. The summed E-state index contributed by atoms with van der Waals surface area (Å²) in [7, 11) is 1.67. The fourth-order valence-electron chi connectivity index (χ4n) is 3.80. The molecule has 22 heavy (non-hydrogen) atoms. The van der Waals surface area contributed by atoms with Crippen molar-refractivity contribution in [2.24, 2.45) is 5.92 Å². The van der Waals surface area contributed by atoms with Gasteiger partial charge in [0.2, 0.25) is 0 Å². The van der Waals surface area contributed by atoms with Crippen LogP contribution < -0.4 is 5.32 Å². The van der Waals surface area contributed by atoms with Crippen LogP contribution in [0.5, 0.6) is 0 Å². The molecule has 1 spiro atoms. The van der Waals surface area contributed by atoms with Gasteiger partial charge in [0.05, 0.1) is 6.54 Å². The van der Waals surface area contributed by atoms with E-state index in [1.807, 2.05) is 12.4 Å². The number of aromatic nitrogens is 2. The Kier molecular flexibility index (Phi) is 3.46. The average Bonchev–Trinajstić information content (AvgIpc) is 3.22. The zero-order valence-electron chi connectivity index (χ0n) is 13.1. The summed E-state index contributed by atoms with van der Waals surface area (Å²) >= 11 is 0. The first-order valence-electron chi connectivity index (χ1n) is 8.33. The fourth-order valence-corrected chi connectivity index (χ4v) is 3.80. The number of carbonyl (C=O) groups excluding carboxylic acids is 1. The van der Waals surface area contributed by atoms with Gasteiger partial charge in [0.25, 0.3) is 5.91 Å². The summed E-state index contributed by atoms with van der Waals surface area (Å²) in [5, 5.41) is 2.71. The highest BCUT2D eigenvalue weighted by atomic mass is 16.5. The Morgan fingerprint density at radius 1 is 1.45 bits per heavy atom. The fraction of sp³-hybridized carbons (Fsp3) is 0.750. The number of nitrogens with zero attached hydrogens (tertiary/aromatic N) is 3. The van der Waals surface area contributed by atoms with E-state index in [1.54, 1.807) is 7.05 Å². The number of carbonyl (C=O) groups is 1. The van der Waals surface area contributed by atoms with Crippen LogP contribution >= 0.6 is 0 Å². The summed E-state index contributed by atoms with van der Waals surface area (Å²) in [5.41, 5.74) is -0.390. The van der Waals surface area contributed by atoms with Gasteiger partial charge in [0, 0.05) is 39.1 Å². The molecule has 2 fully saturated rings. The van der Waals surface area contributed by atoms with Crippen LogP contribution in [0.2, 0.25) is 0 Å². The monoisotopic (exact) mass is 304 g/mol. The number of piperidine rings is 1. The quantitative estimate of drug-likeness (QED) is 0.894. The lowest BCUT2D eigenvalue weighted by atomic mass is 9.88. The van der Waals surface area contributed by atoms with Crippen molar-refractivity contribution in [1.29, 1.82) is 0 Å². The van der Waals surface area contributed by atoms with Gasteiger partial charge in [-0.15, -0.1) is 0 Å². The number of likely N-dealkylation sites (N-methyl/N-ethyl adjacent to an activating group) is 1. The topological polar surface area (TPSA) is 59.4 Å². The number of rotatable bonds is 3. The summed E-state index contributed by atoms with van der Waals surface area (Å²) in [6.45, 7) is 3.85. The molecule has 6 heteroatoms. The van der Waals surface area contributed by atoms with Crippen molar-refractivity contribution < 1.29 is 9.53 Å². The van der Waals surface area contributed by atoms with E-state index in [0.29, 0.717) is 6.54 Å². The SMILES string of the molecule is CNC(=O)[C@H]1Cn2ccnc2C2(CCN(CC3CC3)CC2)O1. The third-order valence-corrected chi connectivity index (χ3v) is 5.27. The molecule has 120 valence electrons. The van der Waals surface area contributed by atoms with E-state index in [4.69, 9.17) is 4.74 Å². The second-order valence-corrected chi connectivity index (χ2v) is 6.86. The Bertz CT molecular complexity index is 558. The van der Waals surface area contributed by atoms with E-state index in [9.17, 15) is 4.79 Å². The zero-order chi connectivity index (χ0) is 15.2. The molecule has 1 aliphatic carbocycles. The molecular formula is C16H24N4O2. The highest BCUT2D eigenvalue weighted by molar-refractivity contribution is 5.80. The Balaban J connectivity index is 1.53. The van der Waals surface area contributed by atoms with Gasteiger partial charge in [0.15, 0.2) is 6.10 Å². The largest absolute Gasteiger partial charge is 0.357 e. The lowest BCUT2D eigenvalue weighted by Gasteiger charge is -2.45. The van der Waals surface area contributed by atoms with E-state index >= 15 is 0 Å². The molecule has 1 aromatic heterocycles. The maximum absolute atomic E-state index is 12.1. The first-order valence-corrected chi connectivity index (χ1v) is 8.33. The Labute approximate surface area is 130 Å². The summed E-state index contributed by atoms with van der Waals surface area (Å²) in [5.74, 6) is 1.87. The second kappa shape index (κ2) is 5.35. The van der Waals surface area contributed by atoms with Gasteiger partial charge in [0.1, 0.15) is 11.4 Å². The molecule has 2 aliphatic heterocycles. The van der Waals surface area contributed by atoms with Crippen molar-refractivity contribution in [2.45, 2.75) is 43.9 Å². The molecule has 4 rings (SSSR count). The highest BCUT2D eigenvalue weighted by Gasteiger charge is 2.47. The normalized spacial score (nSPS) is 27.6. The van der Waals surface area contributed by atoms with Gasteiger partial charge in [-0.25, -0.2) is 4.98 Å². The van der Waals surface area contributed by atoms with Crippen LogP contribution in [-0.2, 0) is 21.7 Å². The Hall–Kier alpha value is -1.40. The molecule has 1 N–H and O–H groups in total. The molecule has 1 atom stereocenters. The van der Waals surface area contributed by atoms with Crippen molar-refractivity contribution in [1.82, 2.24) is 19.8 Å². The number of likely N-dealkylation sites (tertiary alicyclic amines) is 1. The molecular weight excluding hydrogens is 280 g/mol. The van der Waals surface area contributed by atoms with Gasteiger partial charge < -0.3 is 19.5 Å². The summed E-state index contributed by atoms with van der Waals surface area (Å²) in [6.07, 6.45) is 7.99.